The summed E-state index contributed by atoms with van der Waals surface area (Å²) >= 11 is 0. The van der Waals surface area contributed by atoms with Crippen LogP contribution in [-0.4, -0.2) is 33.4 Å². The van der Waals surface area contributed by atoms with Gasteiger partial charge in [0.25, 0.3) is 5.56 Å². The summed E-state index contributed by atoms with van der Waals surface area (Å²) in [4.78, 5) is 30.5. The van der Waals surface area contributed by atoms with Gasteiger partial charge in [0.05, 0.1) is 17.6 Å². The van der Waals surface area contributed by atoms with Gasteiger partial charge in [-0.05, 0) is 30.9 Å². The van der Waals surface area contributed by atoms with Crippen LogP contribution in [0.4, 0.5) is 13.2 Å². The second-order valence-electron chi connectivity index (χ2n) is 6.88. The number of nitrogens with zero attached hydrogens (tertiary/aromatic N) is 3. The Morgan fingerprint density at radius 3 is 2.37 bits per heavy atom. The van der Waals surface area contributed by atoms with Crippen molar-refractivity contribution in [3.8, 4) is 11.3 Å². The van der Waals surface area contributed by atoms with Gasteiger partial charge in [-0.15, -0.1) is 0 Å². The number of alkyl halides is 3. The van der Waals surface area contributed by atoms with Crippen molar-refractivity contribution in [3.05, 3.63) is 52.6 Å². The quantitative estimate of drug-likeness (QED) is 0.823. The van der Waals surface area contributed by atoms with E-state index in [1.807, 2.05) is 0 Å². The number of hydrogen-bond acceptors (Lipinski definition) is 3. The van der Waals surface area contributed by atoms with E-state index in [0.717, 1.165) is 25.0 Å². The van der Waals surface area contributed by atoms with E-state index in [-0.39, 0.29) is 18.1 Å². The highest BCUT2D eigenvalue weighted by Gasteiger charge is 2.30. The molecule has 0 bridgehead atoms. The SMILES string of the molecule is CC1CCN(C(=O)Cn2cnc(-c3ccc(C(F)(F)F)cc3)cc2=O)CC1. The lowest BCUT2D eigenvalue weighted by atomic mass is 9.99. The Morgan fingerprint density at radius 1 is 1.19 bits per heavy atom. The van der Waals surface area contributed by atoms with E-state index in [9.17, 15) is 22.8 Å². The molecule has 8 heteroatoms. The molecule has 1 amide bonds. The number of aromatic nitrogens is 2. The highest BCUT2D eigenvalue weighted by molar-refractivity contribution is 5.76. The van der Waals surface area contributed by atoms with E-state index in [1.54, 1.807) is 4.90 Å². The second-order valence-corrected chi connectivity index (χ2v) is 6.88. The molecule has 144 valence electrons. The fraction of sp³-hybridized carbons (Fsp3) is 0.421. The second kappa shape index (κ2) is 7.54. The van der Waals surface area contributed by atoms with Crippen molar-refractivity contribution in [1.29, 1.82) is 0 Å². The molecule has 0 spiro atoms. The first-order valence-electron chi connectivity index (χ1n) is 8.76. The summed E-state index contributed by atoms with van der Waals surface area (Å²) in [6, 6.07) is 5.67. The zero-order valence-corrected chi connectivity index (χ0v) is 14.9. The molecule has 0 saturated carbocycles. The molecule has 0 unspecified atom stereocenters. The maximum atomic E-state index is 12.6. The first-order valence-corrected chi connectivity index (χ1v) is 8.76. The summed E-state index contributed by atoms with van der Waals surface area (Å²) in [5.74, 6) is 0.467. The van der Waals surface area contributed by atoms with Gasteiger partial charge in [0.2, 0.25) is 5.91 Å². The maximum Gasteiger partial charge on any atom is 0.416 e. The Kier molecular flexibility index (Phi) is 5.34. The smallest absolute Gasteiger partial charge is 0.341 e. The largest absolute Gasteiger partial charge is 0.416 e. The summed E-state index contributed by atoms with van der Waals surface area (Å²) in [6.45, 7) is 3.43. The summed E-state index contributed by atoms with van der Waals surface area (Å²) < 4.78 is 39.1. The van der Waals surface area contributed by atoms with Gasteiger partial charge in [-0.1, -0.05) is 19.1 Å². The van der Waals surface area contributed by atoms with Crippen LogP contribution in [0.3, 0.4) is 0 Å². The molecular formula is C19H20F3N3O2. The predicted octanol–water partition coefficient (Wildman–Crippen LogP) is 3.19. The van der Waals surface area contributed by atoms with Gasteiger partial charge in [0.15, 0.2) is 0 Å². The van der Waals surface area contributed by atoms with Crippen molar-refractivity contribution in [3.63, 3.8) is 0 Å². The lowest BCUT2D eigenvalue weighted by Gasteiger charge is -2.30. The number of piperidine rings is 1. The number of rotatable bonds is 3. The van der Waals surface area contributed by atoms with Crippen LogP contribution in [0.2, 0.25) is 0 Å². The summed E-state index contributed by atoms with van der Waals surface area (Å²) in [5.41, 5.74) is -0.507. The van der Waals surface area contributed by atoms with Crippen LogP contribution in [0.1, 0.15) is 25.3 Å². The van der Waals surface area contributed by atoms with Crippen molar-refractivity contribution in [2.75, 3.05) is 13.1 Å². The standard InChI is InChI=1S/C19H20F3N3O2/c1-13-6-8-24(9-7-13)18(27)11-25-12-23-16(10-17(25)26)14-2-4-15(5-3-14)19(20,21)22/h2-5,10,12-13H,6-9,11H2,1H3. The fourth-order valence-corrected chi connectivity index (χ4v) is 3.04. The van der Waals surface area contributed by atoms with Crippen LogP contribution < -0.4 is 5.56 Å². The Balaban J connectivity index is 1.72. The van der Waals surface area contributed by atoms with Gasteiger partial charge in [-0.3, -0.25) is 14.2 Å². The molecule has 2 aromatic rings. The molecular weight excluding hydrogens is 359 g/mol. The van der Waals surface area contributed by atoms with E-state index >= 15 is 0 Å². The number of hydrogen-bond donors (Lipinski definition) is 0. The van der Waals surface area contributed by atoms with Crippen molar-refractivity contribution in [2.24, 2.45) is 5.92 Å². The van der Waals surface area contributed by atoms with Crippen LogP contribution >= 0.6 is 0 Å². The maximum absolute atomic E-state index is 12.6. The molecule has 27 heavy (non-hydrogen) atoms. The topological polar surface area (TPSA) is 55.2 Å². The molecule has 0 radical (unpaired) electrons. The number of carbonyl (C=O) groups is 1. The average Bonchev–Trinajstić information content (AvgIpc) is 2.63. The number of benzene rings is 1. The Bertz CT molecular complexity index is 867. The minimum absolute atomic E-state index is 0.0898. The van der Waals surface area contributed by atoms with Gasteiger partial charge >= 0.3 is 6.18 Å². The molecule has 1 aliphatic heterocycles. The van der Waals surface area contributed by atoms with Crippen LogP contribution in [0.15, 0.2) is 41.5 Å². The molecule has 1 fully saturated rings. The lowest BCUT2D eigenvalue weighted by Crippen LogP contribution is -2.41. The van der Waals surface area contributed by atoms with Gasteiger partial charge in [0.1, 0.15) is 6.54 Å². The third-order valence-electron chi connectivity index (χ3n) is 4.83. The van der Waals surface area contributed by atoms with E-state index in [4.69, 9.17) is 0 Å². The van der Waals surface area contributed by atoms with Crippen molar-refractivity contribution in [2.45, 2.75) is 32.5 Å². The molecule has 1 aromatic carbocycles. The van der Waals surface area contributed by atoms with Gasteiger partial charge < -0.3 is 4.90 Å². The molecule has 3 rings (SSSR count). The van der Waals surface area contributed by atoms with E-state index < -0.39 is 17.3 Å². The van der Waals surface area contributed by atoms with Crippen LogP contribution in [0.5, 0.6) is 0 Å². The van der Waals surface area contributed by atoms with E-state index in [1.165, 1.54) is 29.1 Å². The summed E-state index contributed by atoms with van der Waals surface area (Å²) in [5, 5.41) is 0. The van der Waals surface area contributed by atoms with Gasteiger partial charge in [-0.25, -0.2) is 4.98 Å². The molecule has 1 saturated heterocycles. The molecule has 1 aliphatic rings. The summed E-state index contributed by atoms with van der Waals surface area (Å²) in [7, 11) is 0. The van der Waals surface area contributed by atoms with E-state index in [2.05, 4.69) is 11.9 Å². The van der Waals surface area contributed by atoms with Crippen LogP contribution in [-0.2, 0) is 17.5 Å². The average molecular weight is 379 g/mol. The number of halogens is 3. The van der Waals surface area contributed by atoms with E-state index in [0.29, 0.717) is 24.6 Å². The van der Waals surface area contributed by atoms with Crippen molar-refractivity contribution < 1.29 is 18.0 Å². The number of amides is 1. The Morgan fingerprint density at radius 2 is 1.81 bits per heavy atom. The first-order chi connectivity index (χ1) is 12.7. The molecule has 1 aromatic heterocycles. The minimum atomic E-state index is -4.41. The predicted molar refractivity (Wildman–Crippen MR) is 93.9 cm³/mol. The Labute approximate surface area is 154 Å². The van der Waals surface area contributed by atoms with Crippen LogP contribution in [0.25, 0.3) is 11.3 Å². The third-order valence-corrected chi connectivity index (χ3v) is 4.83. The first kappa shape index (κ1) is 19.1. The molecule has 0 atom stereocenters. The van der Waals surface area contributed by atoms with Gasteiger partial charge in [0, 0.05) is 24.7 Å². The zero-order valence-electron chi connectivity index (χ0n) is 14.9. The molecule has 0 aliphatic carbocycles. The van der Waals surface area contributed by atoms with Crippen LogP contribution in [0, 0.1) is 5.92 Å². The minimum Gasteiger partial charge on any atom is -0.341 e. The third kappa shape index (κ3) is 4.56. The van der Waals surface area contributed by atoms with Gasteiger partial charge in [-0.2, -0.15) is 13.2 Å². The normalized spacial score (nSPS) is 15.8. The monoisotopic (exact) mass is 379 g/mol. The number of carbonyl (C=O) groups excluding carboxylic acids is 1. The lowest BCUT2D eigenvalue weighted by molar-refractivity contribution is -0.137. The molecule has 5 nitrogen and oxygen atoms in total. The fourth-order valence-electron chi connectivity index (χ4n) is 3.04. The van der Waals surface area contributed by atoms with Crippen molar-refractivity contribution >= 4 is 5.91 Å². The molecule has 2 heterocycles. The highest BCUT2D eigenvalue weighted by atomic mass is 19.4. The number of likely N-dealkylation sites (tertiary alicyclic amines) is 1. The summed E-state index contributed by atoms with van der Waals surface area (Å²) in [6.07, 6.45) is -1.25. The highest BCUT2D eigenvalue weighted by Crippen LogP contribution is 2.30. The zero-order chi connectivity index (χ0) is 19.6. The molecule has 0 N–H and O–H groups in total. The Hall–Kier alpha value is -2.64. The van der Waals surface area contributed by atoms with Crippen molar-refractivity contribution in [1.82, 2.24) is 14.5 Å².